The highest BCUT2D eigenvalue weighted by Gasteiger charge is 2.02. The largest absolute Gasteiger partial charge is 0.381 e. The molecule has 0 fully saturated rings. The molecule has 15 heavy (non-hydrogen) atoms. The number of hydrogen-bond donors (Lipinski definition) is 2. The number of carbonyl (C=O) groups excluding carboxylic acids is 1. The minimum absolute atomic E-state index is 0.0111. The quantitative estimate of drug-likeness (QED) is 0.831. The van der Waals surface area contributed by atoms with Gasteiger partial charge in [-0.3, -0.25) is 4.79 Å². The van der Waals surface area contributed by atoms with Crippen molar-refractivity contribution in [2.24, 2.45) is 0 Å². The number of benzene rings is 1. The molecule has 5 heteroatoms. The summed E-state index contributed by atoms with van der Waals surface area (Å²) >= 11 is 6.90. The highest BCUT2D eigenvalue weighted by Crippen LogP contribution is 2.30. The number of rotatable bonds is 4. The molecule has 1 rings (SSSR count). The average molecular weight is 336 g/mol. The molecule has 0 heterocycles. The number of amides is 1. The molecule has 1 amide bonds. The highest BCUT2D eigenvalue weighted by molar-refractivity contribution is 9.11. The predicted octanol–water partition coefficient (Wildman–Crippen LogP) is 2.76. The minimum atomic E-state index is -0.0111. The topological polar surface area (TPSA) is 41.1 Å². The van der Waals surface area contributed by atoms with E-state index in [9.17, 15) is 4.79 Å². The van der Waals surface area contributed by atoms with Crippen LogP contribution in [0.1, 0.15) is 6.92 Å². The summed E-state index contributed by atoms with van der Waals surface area (Å²) < 4.78 is 2.00. The van der Waals surface area contributed by atoms with Crippen LogP contribution in [0.4, 0.5) is 5.69 Å². The van der Waals surface area contributed by atoms with Gasteiger partial charge in [0.2, 0.25) is 5.91 Å². The van der Waals surface area contributed by atoms with Crippen LogP contribution in [-0.2, 0) is 4.79 Å². The molecule has 0 atom stereocenters. The number of nitrogens with one attached hydrogen (secondary N) is 2. The van der Waals surface area contributed by atoms with Gasteiger partial charge in [-0.1, -0.05) is 6.07 Å². The molecule has 82 valence electrons. The third kappa shape index (κ3) is 4.22. The molecular formula is C10H12Br2N2O. The summed E-state index contributed by atoms with van der Waals surface area (Å²) in [5, 5.41) is 5.95. The van der Waals surface area contributed by atoms with Crippen LogP contribution in [-0.4, -0.2) is 19.0 Å². The zero-order chi connectivity index (χ0) is 11.3. The average Bonchev–Trinajstić information content (AvgIpc) is 2.15. The van der Waals surface area contributed by atoms with Crippen molar-refractivity contribution in [2.45, 2.75) is 6.92 Å². The molecule has 3 nitrogen and oxygen atoms in total. The fourth-order valence-electron chi connectivity index (χ4n) is 1.09. The second-order valence-corrected chi connectivity index (χ2v) is 4.72. The summed E-state index contributed by atoms with van der Waals surface area (Å²) in [5.74, 6) is -0.0111. The van der Waals surface area contributed by atoms with Gasteiger partial charge in [0.1, 0.15) is 0 Å². The first kappa shape index (κ1) is 12.5. The maximum absolute atomic E-state index is 10.6. The molecule has 0 aliphatic heterocycles. The van der Waals surface area contributed by atoms with E-state index >= 15 is 0 Å². The first-order chi connectivity index (χ1) is 7.11. The lowest BCUT2D eigenvalue weighted by Crippen LogP contribution is -2.26. The maximum Gasteiger partial charge on any atom is 0.216 e. The van der Waals surface area contributed by atoms with Crippen molar-refractivity contribution in [3.05, 3.63) is 27.1 Å². The van der Waals surface area contributed by atoms with Crippen molar-refractivity contribution in [1.82, 2.24) is 5.32 Å². The highest BCUT2D eigenvalue weighted by atomic mass is 79.9. The normalized spacial score (nSPS) is 9.80. The molecule has 0 spiro atoms. The van der Waals surface area contributed by atoms with E-state index in [1.807, 2.05) is 18.2 Å². The van der Waals surface area contributed by atoms with Gasteiger partial charge in [-0.05, 0) is 44.0 Å². The molecule has 1 aromatic rings. The fraction of sp³-hybridized carbons (Fsp3) is 0.300. The Hall–Kier alpha value is -0.550. The van der Waals surface area contributed by atoms with Crippen molar-refractivity contribution < 1.29 is 4.79 Å². The van der Waals surface area contributed by atoms with Crippen molar-refractivity contribution in [1.29, 1.82) is 0 Å². The van der Waals surface area contributed by atoms with E-state index in [0.717, 1.165) is 14.6 Å². The first-order valence-corrected chi connectivity index (χ1v) is 6.12. The molecule has 0 radical (unpaired) electrons. The van der Waals surface area contributed by atoms with E-state index in [-0.39, 0.29) is 5.91 Å². The van der Waals surface area contributed by atoms with E-state index in [2.05, 4.69) is 42.5 Å². The van der Waals surface area contributed by atoms with Crippen LogP contribution in [0.2, 0.25) is 0 Å². The third-order valence-electron chi connectivity index (χ3n) is 1.76. The van der Waals surface area contributed by atoms with Crippen LogP contribution >= 0.6 is 31.9 Å². The first-order valence-electron chi connectivity index (χ1n) is 4.53. The van der Waals surface area contributed by atoms with Crippen molar-refractivity contribution in [3.63, 3.8) is 0 Å². The minimum Gasteiger partial charge on any atom is -0.381 e. The second kappa shape index (κ2) is 6.12. The molecule has 1 aromatic carbocycles. The van der Waals surface area contributed by atoms with Gasteiger partial charge >= 0.3 is 0 Å². The Morgan fingerprint density at radius 1 is 1.27 bits per heavy atom. The molecular weight excluding hydrogens is 324 g/mol. The molecule has 0 aliphatic carbocycles. The molecule has 0 saturated heterocycles. The second-order valence-electron chi connectivity index (χ2n) is 3.01. The predicted molar refractivity (Wildman–Crippen MR) is 69.0 cm³/mol. The molecule has 0 bridgehead atoms. The monoisotopic (exact) mass is 334 g/mol. The van der Waals surface area contributed by atoms with E-state index in [4.69, 9.17) is 0 Å². The Morgan fingerprint density at radius 2 is 1.87 bits per heavy atom. The van der Waals surface area contributed by atoms with E-state index in [1.165, 1.54) is 6.92 Å². The van der Waals surface area contributed by atoms with Crippen LogP contribution < -0.4 is 10.6 Å². The van der Waals surface area contributed by atoms with Gasteiger partial charge in [-0.2, -0.15) is 0 Å². The van der Waals surface area contributed by atoms with Crippen LogP contribution in [0.25, 0.3) is 0 Å². The van der Waals surface area contributed by atoms with Crippen molar-refractivity contribution in [3.8, 4) is 0 Å². The van der Waals surface area contributed by atoms with Crippen molar-refractivity contribution in [2.75, 3.05) is 18.4 Å². The molecule has 0 aromatic heterocycles. The smallest absolute Gasteiger partial charge is 0.216 e. The van der Waals surface area contributed by atoms with Crippen molar-refractivity contribution >= 4 is 43.5 Å². The van der Waals surface area contributed by atoms with Gasteiger partial charge in [-0.15, -0.1) is 0 Å². The van der Waals surface area contributed by atoms with E-state index in [0.29, 0.717) is 13.1 Å². The maximum atomic E-state index is 10.6. The third-order valence-corrected chi connectivity index (χ3v) is 3.09. The van der Waals surface area contributed by atoms with Crippen LogP contribution in [0.15, 0.2) is 27.1 Å². The Bertz CT molecular complexity index is 335. The van der Waals surface area contributed by atoms with E-state index in [1.54, 1.807) is 0 Å². The lowest BCUT2D eigenvalue weighted by Gasteiger charge is -2.10. The standard InChI is InChI=1S/C10H12Br2N2O/c1-7(15)13-5-6-14-10-8(11)3-2-4-9(10)12/h2-4,14H,5-6H2,1H3,(H,13,15). The molecule has 0 unspecified atom stereocenters. The Kier molecular flexibility index (Phi) is 5.11. The lowest BCUT2D eigenvalue weighted by molar-refractivity contribution is -0.118. The summed E-state index contributed by atoms with van der Waals surface area (Å²) in [6.07, 6.45) is 0. The summed E-state index contributed by atoms with van der Waals surface area (Å²) in [4.78, 5) is 10.6. The Morgan fingerprint density at radius 3 is 2.40 bits per heavy atom. The number of hydrogen-bond acceptors (Lipinski definition) is 2. The zero-order valence-corrected chi connectivity index (χ0v) is 11.5. The summed E-state index contributed by atoms with van der Waals surface area (Å²) in [6, 6.07) is 5.88. The summed E-state index contributed by atoms with van der Waals surface area (Å²) in [5.41, 5.74) is 1.00. The van der Waals surface area contributed by atoms with Gasteiger partial charge in [-0.25, -0.2) is 0 Å². The zero-order valence-electron chi connectivity index (χ0n) is 8.31. The van der Waals surface area contributed by atoms with Gasteiger partial charge in [0.15, 0.2) is 0 Å². The van der Waals surface area contributed by atoms with Gasteiger partial charge in [0.05, 0.1) is 5.69 Å². The molecule has 2 N–H and O–H groups in total. The summed E-state index contributed by atoms with van der Waals surface area (Å²) in [7, 11) is 0. The SMILES string of the molecule is CC(=O)NCCNc1c(Br)cccc1Br. The van der Waals surface area contributed by atoms with E-state index < -0.39 is 0 Å². The summed E-state index contributed by atoms with van der Waals surface area (Å²) in [6.45, 7) is 2.82. The van der Waals surface area contributed by atoms with Gasteiger partial charge in [0, 0.05) is 29.0 Å². The van der Waals surface area contributed by atoms with Crippen LogP contribution in [0, 0.1) is 0 Å². The van der Waals surface area contributed by atoms with Gasteiger partial charge in [0.25, 0.3) is 0 Å². The fourth-order valence-corrected chi connectivity index (χ4v) is 2.37. The lowest BCUT2D eigenvalue weighted by atomic mass is 10.3. The van der Waals surface area contributed by atoms with Gasteiger partial charge < -0.3 is 10.6 Å². The number of para-hydroxylation sites is 1. The Labute approximate surface area is 106 Å². The van der Waals surface area contributed by atoms with Crippen LogP contribution in [0.3, 0.4) is 0 Å². The number of halogens is 2. The molecule has 0 saturated carbocycles. The molecule has 0 aliphatic rings. The number of carbonyl (C=O) groups is 1. The Balaban J connectivity index is 2.47. The van der Waals surface area contributed by atoms with Crippen LogP contribution in [0.5, 0.6) is 0 Å². The number of anilines is 1.